The van der Waals surface area contributed by atoms with Gasteiger partial charge in [-0.3, -0.25) is 14.4 Å². The first-order valence-electron chi connectivity index (χ1n) is 17.1. The van der Waals surface area contributed by atoms with E-state index in [2.05, 4.69) is 20.4 Å². The van der Waals surface area contributed by atoms with E-state index in [4.69, 9.17) is 21.3 Å². The third kappa shape index (κ3) is 6.28. The monoisotopic (exact) mass is 773 g/mol. The number of fused-ring (bicyclic) bond motifs is 3. The third-order valence-corrected chi connectivity index (χ3v) is 10.3. The Kier molecular flexibility index (Phi) is 8.72. The largest absolute Gasteiger partial charge is 0.505 e. The van der Waals surface area contributed by atoms with Gasteiger partial charge >= 0.3 is 6.18 Å². The standard InChI is InChI=1S/C37H31ClF3N9O5/c1-20-30-28(36(55-20)11-15-48(16-12-36)34(54)29-26(51)4-3-13-42-29)33(53)50-35(45-31(46-50)21-5-7-22(8-6-21)32-43-14-17-47(32)2)49(30)19-27(52)44-25-10-9-23(18-24(25)38)37(39,40)41/h3-10,13-14,17-18,20,51H,11-12,15-16,19H2,1-2H3,(H,44,52)/t20-/m1/s1. The molecule has 2 aromatic carbocycles. The molecule has 0 radical (unpaired) electrons. The smallest absolute Gasteiger partial charge is 0.416 e. The zero-order valence-electron chi connectivity index (χ0n) is 29.2. The van der Waals surface area contributed by atoms with E-state index in [1.165, 1.54) is 27.8 Å². The average Bonchev–Trinajstić information content (AvgIpc) is 3.87. The van der Waals surface area contributed by atoms with Crippen molar-refractivity contribution in [2.24, 2.45) is 7.05 Å². The van der Waals surface area contributed by atoms with Gasteiger partial charge in [-0.1, -0.05) is 35.9 Å². The molecule has 2 aliphatic heterocycles. The lowest BCUT2D eigenvalue weighted by molar-refractivity contribution is -0.137. The van der Waals surface area contributed by atoms with Gasteiger partial charge in [0.05, 0.1) is 33.6 Å². The highest BCUT2D eigenvalue weighted by Gasteiger charge is 2.50. The summed E-state index contributed by atoms with van der Waals surface area (Å²) >= 11 is 6.16. The van der Waals surface area contributed by atoms with Crippen LogP contribution in [0, 0.1) is 0 Å². The molecule has 2 amide bonds. The number of rotatable bonds is 6. The molecule has 14 nitrogen and oxygen atoms in total. The fraction of sp³-hybridized carbons (Fsp3) is 0.270. The number of pyridine rings is 1. The first-order valence-corrected chi connectivity index (χ1v) is 17.5. The number of aromatic nitrogens is 7. The zero-order chi connectivity index (χ0) is 38.8. The molecule has 0 saturated carbocycles. The average molecular weight is 774 g/mol. The van der Waals surface area contributed by atoms with Crippen LogP contribution in [0.5, 0.6) is 5.75 Å². The van der Waals surface area contributed by atoms with Crippen LogP contribution in [0.1, 0.15) is 53.2 Å². The minimum absolute atomic E-state index is 0.0336. The molecule has 0 aliphatic carbocycles. The highest BCUT2D eigenvalue weighted by atomic mass is 35.5. The van der Waals surface area contributed by atoms with Crippen LogP contribution in [0.3, 0.4) is 0 Å². The molecule has 2 aliphatic rings. The number of imidazole rings is 1. The van der Waals surface area contributed by atoms with Crippen LogP contribution in [0.25, 0.3) is 28.6 Å². The summed E-state index contributed by atoms with van der Waals surface area (Å²) in [7, 11) is 1.87. The Morgan fingerprint density at radius 1 is 1.05 bits per heavy atom. The molecule has 2 N–H and O–H groups in total. The Bertz CT molecular complexity index is 2560. The van der Waals surface area contributed by atoms with Gasteiger partial charge in [0, 0.05) is 49.9 Å². The van der Waals surface area contributed by atoms with Crippen molar-refractivity contribution in [3.05, 3.63) is 111 Å². The number of anilines is 1. The molecule has 55 heavy (non-hydrogen) atoms. The van der Waals surface area contributed by atoms with Crippen LogP contribution in [-0.2, 0) is 34.9 Å². The third-order valence-electron chi connectivity index (χ3n) is 9.97. The molecule has 4 aromatic heterocycles. The maximum absolute atomic E-state index is 14.5. The molecular formula is C37H31ClF3N9O5. The Balaban J connectivity index is 1.18. The number of benzene rings is 2. The van der Waals surface area contributed by atoms with E-state index in [1.54, 1.807) is 25.3 Å². The van der Waals surface area contributed by atoms with Crippen molar-refractivity contribution < 1.29 is 32.6 Å². The minimum Gasteiger partial charge on any atom is -0.505 e. The van der Waals surface area contributed by atoms with Crippen LogP contribution in [0.15, 0.2) is 78.0 Å². The van der Waals surface area contributed by atoms with Gasteiger partial charge in [-0.05, 0) is 50.1 Å². The van der Waals surface area contributed by atoms with Gasteiger partial charge in [0.1, 0.15) is 23.7 Å². The van der Waals surface area contributed by atoms with E-state index in [9.17, 15) is 32.7 Å². The summed E-state index contributed by atoms with van der Waals surface area (Å²) in [6.07, 6.45) is -0.0303. The number of likely N-dealkylation sites (tertiary alicyclic amines) is 1. The Hall–Kier alpha value is -6.07. The second-order valence-electron chi connectivity index (χ2n) is 13.4. The molecule has 6 aromatic rings. The zero-order valence-corrected chi connectivity index (χ0v) is 30.0. The summed E-state index contributed by atoms with van der Waals surface area (Å²) in [6, 6.07) is 12.8. The lowest BCUT2D eigenvalue weighted by Gasteiger charge is -2.39. The Labute approximate surface area is 314 Å². The number of carbonyl (C=O) groups is 2. The van der Waals surface area contributed by atoms with Crippen LogP contribution in [0.2, 0.25) is 5.02 Å². The fourth-order valence-corrected chi connectivity index (χ4v) is 7.57. The van der Waals surface area contributed by atoms with Crippen LogP contribution in [-0.4, -0.2) is 68.6 Å². The van der Waals surface area contributed by atoms with E-state index in [0.717, 1.165) is 34.1 Å². The van der Waals surface area contributed by atoms with E-state index in [1.807, 2.05) is 29.9 Å². The topological polar surface area (TPSA) is 162 Å². The maximum Gasteiger partial charge on any atom is 0.416 e. The molecule has 0 unspecified atom stereocenters. The number of hydrogen-bond donors (Lipinski definition) is 2. The normalized spacial score (nSPS) is 16.5. The Morgan fingerprint density at radius 3 is 2.44 bits per heavy atom. The van der Waals surface area contributed by atoms with E-state index < -0.39 is 47.4 Å². The highest BCUT2D eigenvalue weighted by Crippen LogP contribution is 2.48. The van der Waals surface area contributed by atoms with Gasteiger partial charge in [0.15, 0.2) is 11.5 Å². The molecule has 8 rings (SSSR count). The summed E-state index contributed by atoms with van der Waals surface area (Å²) < 4.78 is 50.9. The first kappa shape index (κ1) is 35.9. The number of aryl methyl sites for hydroxylation is 1. The van der Waals surface area contributed by atoms with Crippen LogP contribution >= 0.6 is 11.6 Å². The van der Waals surface area contributed by atoms with Crippen LogP contribution in [0.4, 0.5) is 18.9 Å². The van der Waals surface area contributed by atoms with Crippen molar-refractivity contribution in [2.45, 2.75) is 44.2 Å². The molecular weight excluding hydrogens is 743 g/mol. The lowest BCUT2D eigenvalue weighted by Crippen LogP contribution is -2.47. The SMILES string of the molecule is C[C@H]1OC2(CCN(C(=O)c3ncccc3O)CC2)c2c1n(CC(=O)Nc1ccc(C(F)(F)F)cc1Cl)c1nc(-c3ccc(-c4nccn4C)cc3)nn1c2=O. The molecule has 1 fully saturated rings. The van der Waals surface area contributed by atoms with E-state index >= 15 is 0 Å². The quantitative estimate of drug-likeness (QED) is 0.220. The second-order valence-corrected chi connectivity index (χ2v) is 13.8. The number of nitrogens with zero attached hydrogens (tertiary/aromatic N) is 8. The van der Waals surface area contributed by atoms with Gasteiger partial charge in [-0.2, -0.15) is 22.7 Å². The number of aromatic hydroxyl groups is 1. The number of carbonyl (C=O) groups excluding carboxylic acids is 2. The molecule has 0 bridgehead atoms. The number of halogens is 4. The maximum atomic E-state index is 14.5. The van der Waals surface area contributed by atoms with Crippen molar-refractivity contribution in [3.63, 3.8) is 0 Å². The van der Waals surface area contributed by atoms with Crippen molar-refractivity contribution in [1.29, 1.82) is 0 Å². The van der Waals surface area contributed by atoms with Gasteiger partial charge in [0.25, 0.3) is 11.5 Å². The van der Waals surface area contributed by atoms with Gasteiger partial charge in [-0.15, -0.1) is 5.10 Å². The van der Waals surface area contributed by atoms with Crippen molar-refractivity contribution in [2.75, 3.05) is 18.4 Å². The molecule has 6 heterocycles. The molecule has 1 spiro atoms. The number of amides is 2. The number of alkyl halides is 3. The summed E-state index contributed by atoms with van der Waals surface area (Å²) in [6.45, 7) is 1.63. The molecule has 1 atom stereocenters. The summed E-state index contributed by atoms with van der Waals surface area (Å²) in [5.74, 6) is -0.411. The number of ether oxygens (including phenoxy) is 1. The number of piperidine rings is 1. The van der Waals surface area contributed by atoms with Crippen LogP contribution < -0.4 is 10.9 Å². The van der Waals surface area contributed by atoms with E-state index in [0.29, 0.717) is 11.3 Å². The first-order chi connectivity index (χ1) is 26.2. The summed E-state index contributed by atoms with van der Waals surface area (Å²) in [5.41, 5.74) is -0.744. The number of nitrogens with one attached hydrogen (secondary N) is 1. The Morgan fingerprint density at radius 2 is 1.78 bits per heavy atom. The lowest BCUT2D eigenvalue weighted by atomic mass is 9.85. The summed E-state index contributed by atoms with van der Waals surface area (Å²) in [5, 5.41) is 17.1. The summed E-state index contributed by atoms with van der Waals surface area (Å²) in [4.78, 5) is 56.2. The molecule has 1 saturated heterocycles. The van der Waals surface area contributed by atoms with Gasteiger partial charge < -0.3 is 29.2 Å². The minimum atomic E-state index is -4.63. The predicted molar refractivity (Wildman–Crippen MR) is 192 cm³/mol. The molecule has 282 valence electrons. The highest BCUT2D eigenvalue weighted by molar-refractivity contribution is 6.33. The predicted octanol–water partition coefficient (Wildman–Crippen LogP) is 5.59. The fourth-order valence-electron chi connectivity index (χ4n) is 7.34. The number of hydrogen-bond acceptors (Lipinski definition) is 9. The van der Waals surface area contributed by atoms with Crippen molar-refractivity contribution >= 4 is 34.9 Å². The molecule has 18 heteroatoms. The van der Waals surface area contributed by atoms with Gasteiger partial charge in [-0.25, -0.2) is 9.97 Å². The van der Waals surface area contributed by atoms with Gasteiger partial charge in [0.2, 0.25) is 11.7 Å². The van der Waals surface area contributed by atoms with E-state index in [-0.39, 0.29) is 65.3 Å². The van der Waals surface area contributed by atoms with Crippen molar-refractivity contribution in [1.82, 2.24) is 38.6 Å². The second kappa shape index (κ2) is 13.3. The van der Waals surface area contributed by atoms with Crippen molar-refractivity contribution in [3.8, 4) is 28.5 Å².